The molecule has 0 fully saturated rings. The number of rotatable bonds is 6. The smallest absolute Gasteiger partial charge is 0.341 e. The third kappa shape index (κ3) is 5.04. The normalized spacial score (nSPS) is 10.3. The van der Waals surface area contributed by atoms with E-state index in [1.165, 1.54) is 18.2 Å². The quantitative estimate of drug-likeness (QED) is 0.688. The van der Waals surface area contributed by atoms with E-state index in [0.717, 1.165) is 0 Å². The van der Waals surface area contributed by atoms with Crippen LogP contribution in [-0.2, 0) is 11.3 Å². The molecule has 5 nitrogen and oxygen atoms in total. The lowest BCUT2D eigenvalue weighted by atomic mass is 10.1. The van der Waals surface area contributed by atoms with Crippen molar-refractivity contribution in [3.8, 4) is 5.75 Å². The summed E-state index contributed by atoms with van der Waals surface area (Å²) in [6.07, 6.45) is 0. The van der Waals surface area contributed by atoms with Crippen molar-refractivity contribution >= 4 is 43.7 Å². The van der Waals surface area contributed by atoms with Gasteiger partial charge in [0.2, 0.25) is 0 Å². The Kier molecular flexibility index (Phi) is 6.33. The van der Waals surface area contributed by atoms with Gasteiger partial charge in [0.05, 0.1) is 5.56 Å². The van der Waals surface area contributed by atoms with Crippen molar-refractivity contribution in [2.45, 2.75) is 6.54 Å². The Morgan fingerprint density at radius 2 is 1.79 bits per heavy atom. The third-order valence-corrected chi connectivity index (χ3v) is 3.98. The van der Waals surface area contributed by atoms with Crippen LogP contribution < -0.4 is 10.1 Å². The SMILES string of the molecule is O=C(O)COc1ccc(Br)cc1C(=O)NCc1ccc(Br)cc1F. The highest BCUT2D eigenvalue weighted by molar-refractivity contribution is 9.10. The van der Waals surface area contributed by atoms with Crippen LogP contribution in [0, 0.1) is 5.82 Å². The summed E-state index contributed by atoms with van der Waals surface area (Å²) >= 11 is 6.41. The van der Waals surface area contributed by atoms with Gasteiger partial charge in [0.15, 0.2) is 6.61 Å². The van der Waals surface area contributed by atoms with Crippen LogP contribution in [0.4, 0.5) is 4.39 Å². The largest absolute Gasteiger partial charge is 0.481 e. The van der Waals surface area contributed by atoms with E-state index in [0.29, 0.717) is 14.5 Å². The molecular formula is C16H12Br2FNO4. The van der Waals surface area contributed by atoms with Gasteiger partial charge in [0, 0.05) is 21.1 Å². The zero-order chi connectivity index (χ0) is 17.7. The Morgan fingerprint density at radius 1 is 1.12 bits per heavy atom. The molecule has 8 heteroatoms. The van der Waals surface area contributed by atoms with E-state index in [9.17, 15) is 14.0 Å². The summed E-state index contributed by atoms with van der Waals surface area (Å²) in [4.78, 5) is 22.9. The van der Waals surface area contributed by atoms with Crippen molar-refractivity contribution in [1.29, 1.82) is 0 Å². The van der Waals surface area contributed by atoms with Crippen molar-refractivity contribution < 1.29 is 23.8 Å². The Bertz CT molecular complexity index is 783. The molecule has 2 aromatic rings. The monoisotopic (exact) mass is 459 g/mol. The minimum Gasteiger partial charge on any atom is -0.481 e. The molecule has 0 aliphatic heterocycles. The van der Waals surface area contributed by atoms with Gasteiger partial charge in [-0.25, -0.2) is 9.18 Å². The van der Waals surface area contributed by atoms with E-state index in [1.807, 2.05) is 0 Å². The summed E-state index contributed by atoms with van der Waals surface area (Å²) in [6.45, 7) is -0.577. The van der Waals surface area contributed by atoms with E-state index < -0.39 is 24.3 Å². The highest BCUT2D eigenvalue weighted by atomic mass is 79.9. The second kappa shape index (κ2) is 8.25. The Balaban J connectivity index is 2.13. The highest BCUT2D eigenvalue weighted by Crippen LogP contribution is 2.23. The summed E-state index contributed by atoms with van der Waals surface area (Å²) in [6, 6.07) is 9.16. The topological polar surface area (TPSA) is 75.6 Å². The number of hydrogen-bond acceptors (Lipinski definition) is 3. The number of hydrogen-bond donors (Lipinski definition) is 2. The number of aliphatic carboxylic acids is 1. The van der Waals surface area contributed by atoms with E-state index in [1.54, 1.807) is 18.2 Å². The summed E-state index contributed by atoms with van der Waals surface area (Å²) in [5.74, 6) is -1.96. The Morgan fingerprint density at radius 3 is 2.46 bits per heavy atom. The lowest BCUT2D eigenvalue weighted by Crippen LogP contribution is -2.24. The number of carboxylic acid groups (broad SMARTS) is 1. The van der Waals surface area contributed by atoms with E-state index in [4.69, 9.17) is 9.84 Å². The van der Waals surface area contributed by atoms with Gasteiger partial charge < -0.3 is 15.2 Å². The molecule has 0 atom stereocenters. The molecule has 2 rings (SSSR count). The zero-order valence-corrected chi connectivity index (χ0v) is 15.4. The van der Waals surface area contributed by atoms with Crippen molar-refractivity contribution in [3.05, 3.63) is 62.3 Å². The summed E-state index contributed by atoms with van der Waals surface area (Å²) < 4.78 is 20.1. The Hall–Kier alpha value is -1.93. The maximum atomic E-state index is 13.8. The molecule has 24 heavy (non-hydrogen) atoms. The molecule has 0 aromatic heterocycles. The zero-order valence-electron chi connectivity index (χ0n) is 12.2. The van der Waals surface area contributed by atoms with E-state index >= 15 is 0 Å². The molecule has 0 radical (unpaired) electrons. The van der Waals surface area contributed by atoms with Gasteiger partial charge in [-0.2, -0.15) is 0 Å². The number of benzene rings is 2. The van der Waals surface area contributed by atoms with Crippen LogP contribution in [0.5, 0.6) is 5.75 Å². The molecular weight excluding hydrogens is 449 g/mol. The van der Waals surface area contributed by atoms with Gasteiger partial charge in [0.25, 0.3) is 5.91 Å². The molecule has 1 amide bonds. The first-order chi connectivity index (χ1) is 11.4. The molecule has 0 heterocycles. The lowest BCUT2D eigenvalue weighted by molar-refractivity contribution is -0.139. The number of carbonyl (C=O) groups is 2. The third-order valence-electron chi connectivity index (χ3n) is 2.99. The minimum atomic E-state index is -1.15. The van der Waals surface area contributed by atoms with Gasteiger partial charge in [-0.1, -0.05) is 37.9 Å². The van der Waals surface area contributed by atoms with Gasteiger partial charge in [0.1, 0.15) is 11.6 Å². The number of nitrogens with one attached hydrogen (secondary N) is 1. The van der Waals surface area contributed by atoms with Crippen LogP contribution in [-0.4, -0.2) is 23.6 Å². The molecule has 0 saturated heterocycles. The summed E-state index contributed by atoms with van der Waals surface area (Å²) in [7, 11) is 0. The lowest BCUT2D eigenvalue weighted by Gasteiger charge is -2.11. The standard InChI is InChI=1S/C16H12Br2FNO4/c17-10-3-4-14(24-8-15(21)22)12(5-10)16(23)20-7-9-1-2-11(18)6-13(9)19/h1-6H,7-8H2,(H,20,23)(H,21,22). The molecule has 2 aromatic carbocycles. The fourth-order valence-electron chi connectivity index (χ4n) is 1.88. The maximum Gasteiger partial charge on any atom is 0.341 e. The fourth-order valence-corrected chi connectivity index (χ4v) is 2.58. The predicted molar refractivity (Wildman–Crippen MR) is 92.5 cm³/mol. The molecule has 2 N–H and O–H groups in total. The molecule has 0 aliphatic rings. The first-order valence-electron chi connectivity index (χ1n) is 6.73. The Labute approximate surface area is 154 Å². The van der Waals surface area contributed by atoms with Crippen LogP contribution in [0.2, 0.25) is 0 Å². The van der Waals surface area contributed by atoms with E-state index in [2.05, 4.69) is 37.2 Å². The minimum absolute atomic E-state index is 0.0111. The van der Waals surface area contributed by atoms with E-state index in [-0.39, 0.29) is 17.9 Å². The average molecular weight is 461 g/mol. The van der Waals surface area contributed by atoms with Crippen LogP contribution >= 0.6 is 31.9 Å². The first-order valence-corrected chi connectivity index (χ1v) is 8.31. The summed E-state index contributed by atoms with van der Waals surface area (Å²) in [5.41, 5.74) is 0.484. The molecule has 0 spiro atoms. The van der Waals surface area contributed by atoms with Crippen molar-refractivity contribution in [2.24, 2.45) is 0 Å². The van der Waals surface area contributed by atoms with Gasteiger partial charge in [-0.15, -0.1) is 0 Å². The molecule has 126 valence electrons. The van der Waals surface area contributed by atoms with Gasteiger partial charge in [-0.3, -0.25) is 4.79 Å². The number of carbonyl (C=O) groups excluding carboxylic acids is 1. The van der Waals surface area contributed by atoms with Crippen molar-refractivity contribution in [3.63, 3.8) is 0 Å². The van der Waals surface area contributed by atoms with Crippen molar-refractivity contribution in [2.75, 3.05) is 6.61 Å². The highest BCUT2D eigenvalue weighted by Gasteiger charge is 2.15. The molecule has 0 saturated carbocycles. The van der Waals surface area contributed by atoms with Gasteiger partial charge in [-0.05, 0) is 30.3 Å². The van der Waals surface area contributed by atoms with Crippen molar-refractivity contribution in [1.82, 2.24) is 5.32 Å². The van der Waals surface area contributed by atoms with Crippen LogP contribution in [0.3, 0.4) is 0 Å². The second-order valence-corrected chi connectivity index (χ2v) is 6.57. The second-order valence-electron chi connectivity index (χ2n) is 4.74. The van der Waals surface area contributed by atoms with Crippen LogP contribution in [0.1, 0.15) is 15.9 Å². The van der Waals surface area contributed by atoms with Crippen LogP contribution in [0.15, 0.2) is 45.3 Å². The number of halogens is 3. The van der Waals surface area contributed by atoms with Gasteiger partial charge >= 0.3 is 5.97 Å². The number of ether oxygens (including phenoxy) is 1. The first kappa shape index (κ1) is 18.4. The fraction of sp³-hybridized carbons (Fsp3) is 0.125. The van der Waals surface area contributed by atoms with Crippen LogP contribution in [0.25, 0.3) is 0 Å². The molecule has 0 aliphatic carbocycles. The average Bonchev–Trinajstić information content (AvgIpc) is 2.52. The maximum absolute atomic E-state index is 13.8. The number of amides is 1. The molecule has 0 unspecified atom stereocenters. The predicted octanol–water partition coefficient (Wildman–Crippen LogP) is 3.74. The number of carboxylic acids is 1. The molecule has 0 bridgehead atoms. The summed E-state index contributed by atoms with van der Waals surface area (Å²) in [5, 5.41) is 11.3.